The monoisotopic (exact) mass is 319 g/mol. The van der Waals surface area contributed by atoms with Gasteiger partial charge in [0.25, 0.3) is 5.91 Å². The SMILES string of the molecule is Cn1cccc1[C@@H](CNC(=O)c1cccs1)N1CCOCC1. The summed E-state index contributed by atoms with van der Waals surface area (Å²) in [6, 6.07) is 8.09. The van der Waals surface area contributed by atoms with Gasteiger partial charge in [-0.1, -0.05) is 6.07 Å². The average molecular weight is 319 g/mol. The summed E-state index contributed by atoms with van der Waals surface area (Å²) >= 11 is 1.47. The molecule has 1 amide bonds. The van der Waals surface area contributed by atoms with Crippen LogP contribution >= 0.6 is 11.3 Å². The zero-order valence-corrected chi connectivity index (χ0v) is 13.5. The topological polar surface area (TPSA) is 46.5 Å². The fraction of sp³-hybridized carbons (Fsp3) is 0.438. The first-order valence-electron chi connectivity index (χ1n) is 7.50. The number of carbonyl (C=O) groups is 1. The van der Waals surface area contributed by atoms with Crippen molar-refractivity contribution >= 4 is 17.2 Å². The Hall–Kier alpha value is -1.63. The quantitative estimate of drug-likeness (QED) is 0.915. The van der Waals surface area contributed by atoms with Crippen molar-refractivity contribution in [3.63, 3.8) is 0 Å². The van der Waals surface area contributed by atoms with E-state index in [4.69, 9.17) is 4.74 Å². The summed E-state index contributed by atoms with van der Waals surface area (Å²) in [6.45, 7) is 3.89. The number of morpholine rings is 1. The number of aryl methyl sites for hydroxylation is 1. The number of aromatic nitrogens is 1. The van der Waals surface area contributed by atoms with Gasteiger partial charge in [-0.2, -0.15) is 0 Å². The number of ether oxygens (including phenoxy) is 1. The van der Waals surface area contributed by atoms with Crippen LogP contribution in [0, 0.1) is 0 Å². The molecule has 1 saturated heterocycles. The summed E-state index contributed by atoms with van der Waals surface area (Å²) in [5.41, 5.74) is 1.22. The lowest BCUT2D eigenvalue weighted by molar-refractivity contribution is 0.0148. The van der Waals surface area contributed by atoms with Crippen molar-refractivity contribution < 1.29 is 9.53 Å². The number of hydrogen-bond acceptors (Lipinski definition) is 4. The van der Waals surface area contributed by atoms with Crippen LogP contribution < -0.4 is 5.32 Å². The van der Waals surface area contributed by atoms with Crippen molar-refractivity contribution in [2.45, 2.75) is 6.04 Å². The van der Waals surface area contributed by atoms with Crippen LogP contribution in [0.3, 0.4) is 0 Å². The van der Waals surface area contributed by atoms with Crippen molar-refractivity contribution in [2.24, 2.45) is 7.05 Å². The molecule has 5 nitrogen and oxygen atoms in total. The van der Waals surface area contributed by atoms with E-state index < -0.39 is 0 Å². The number of rotatable bonds is 5. The molecule has 22 heavy (non-hydrogen) atoms. The summed E-state index contributed by atoms with van der Waals surface area (Å²) in [7, 11) is 2.05. The minimum Gasteiger partial charge on any atom is -0.379 e. The van der Waals surface area contributed by atoms with Gasteiger partial charge in [-0.3, -0.25) is 9.69 Å². The van der Waals surface area contributed by atoms with Crippen LogP contribution in [-0.2, 0) is 11.8 Å². The predicted octanol–water partition coefficient (Wildman–Crippen LogP) is 1.89. The van der Waals surface area contributed by atoms with E-state index >= 15 is 0 Å². The Kier molecular flexibility index (Phi) is 4.92. The van der Waals surface area contributed by atoms with E-state index in [1.54, 1.807) is 0 Å². The van der Waals surface area contributed by atoms with Crippen molar-refractivity contribution in [3.8, 4) is 0 Å². The molecule has 1 aliphatic heterocycles. The van der Waals surface area contributed by atoms with Gasteiger partial charge in [-0.25, -0.2) is 0 Å². The van der Waals surface area contributed by atoms with Gasteiger partial charge in [-0.05, 0) is 23.6 Å². The van der Waals surface area contributed by atoms with Gasteiger partial charge in [0.15, 0.2) is 0 Å². The lowest BCUT2D eigenvalue weighted by Crippen LogP contribution is -2.44. The Balaban J connectivity index is 1.71. The maximum Gasteiger partial charge on any atom is 0.261 e. The van der Waals surface area contributed by atoms with Crippen LogP contribution in [0.15, 0.2) is 35.8 Å². The molecule has 0 radical (unpaired) electrons. The summed E-state index contributed by atoms with van der Waals surface area (Å²) in [4.78, 5) is 15.3. The van der Waals surface area contributed by atoms with E-state index in [9.17, 15) is 4.79 Å². The number of hydrogen-bond donors (Lipinski definition) is 1. The van der Waals surface area contributed by atoms with Crippen LogP contribution in [0.1, 0.15) is 21.4 Å². The maximum absolute atomic E-state index is 12.2. The summed E-state index contributed by atoms with van der Waals surface area (Å²) in [6.07, 6.45) is 2.05. The Morgan fingerprint density at radius 2 is 2.18 bits per heavy atom. The highest BCUT2D eigenvalue weighted by Crippen LogP contribution is 2.21. The molecule has 118 valence electrons. The molecule has 1 N–H and O–H groups in total. The van der Waals surface area contributed by atoms with Gasteiger partial charge in [0.2, 0.25) is 0 Å². The highest BCUT2D eigenvalue weighted by Gasteiger charge is 2.25. The van der Waals surface area contributed by atoms with Crippen molar-refractivity contribution in [3.05, 3.63) is 46.4 Å². The Labute approximate surface area is 134 Å². The summed E-state index contributed by atoms with van der Waals surface area (Å²) < 4.78 is 7.57. The van der Waals surface area contributed by atoms with Crippen LogP contribution in [0.4, 0.5) is 0 Å². The second kappa shape index (κ2) is 7.09. The lowest BCUT2D eigenvalue weighted by atomic mass is 10.1. The Morgan fingerprint density at radius 3 is 2.82 bits per heavy atom. The van der Waals surface area contributed by atoms with Gasteiger partial charge in [0, 0.05) is 38.6 Å². The molecule has 0 aromatic carbocycles. The van der Waals surface area contributed by atoms with Crippen LogP contribution in [-0.4, -0.2) is 48.2 Å². The zero-order valence-electron chi connectivity index (χ0n) is 12.7. The summed E-state index contributed by atoms with van der Waals surface area (Å²) in [5, 5.41) is 5.00. The number of nitrogens with zero attached hydrogens (tertiary/aromatic N) is 2. The lowest BCUT2D eigenvalue weighted by Gasteiger charge is -2.34. The molecule has 2 aromatic rings. The predicted molar refractivity (Wildman–Crippen MR) is 87.2 cm³/mol. The largest absolute Gasteiger partial charge is 0.379 e. The van der Waals surface area contributed by atoms with Gasteiger partial charge in [-0.15, -0.1) is 11.3 Å². The Bertz CT molecular complexity index is 603. The van der Waals surface area contributed by atoms with E-state index in [1.807, 2.05) is 36.8 Å². The zero-order chi connectivity index (χ0) is 15.4. The molecule has 1 aliphatic rings. The standard InChI is InChI=1S/C16H21N3O2S/c1-18-6-2-4-13(18)14(19-7-9-21-10-8-19)12-17-16(20)15-5-3-11-22-15/h2-6,11,14H,7-10,12H2,1H3,(H,17,20)/t14-/m1/s1. The molecule has 3 heterocycles. The van der Waals surface area contributed by atoms with E-state index in [2.05, 4.69) is 20.9 Å². The van der Waals surface area contributed by atoms with Gasteiger partial charge in [0.1, 0.15) is 0 Å². The third-order valence-electron chi connectivity index (χ3n) is 4.01. The number of nitrogens with one attached hydrogen (secondary N) is 1. The number of thiophene rings is 1. The smallest absolute Gasteiger partial charge is 0.261 e. The van der Waals surface area contributed by atoms with Gasteiger partial charge >= 0.3 is 0 Å². The first kappa shape index (κ1) is 15.3. The van der Waals surface area contributed by atoms with Crippen molar-refractivity contribution in [1.29, 1.82) is 0 Å². The van der Waals surface area contributed by atoms with Crippen molar-refractivity contribution in [2.75, 3.05) is 32.8 Å². The maximum atomic E-state index is 12.2. The van der Waals surface area contributed by atoms with E-state index in [0.717, 1.165) is 31.2 Å². The van der Waals surface area contributed by atoms with Crippen LogP contribution in [0.2, 0.25) is 0 Å². The van der Waals surface area contributed by atoms with E-state index in [1.165, 1.54) is 17.0 Å². The molecule has 0 spiro atoms. The molecule has 6 heteroatoms. The molecule has 0 saturated carbocycles. The number of carbonyl (C=O) groups excluding carboxylic acids is 1. The van der Waals surface area contributed by atoms with E-state index in [-0.39, 0.29) is 11.9 Å². The Morgan fingerprint density at radius 1 is 1.36 bits per heavy atom. The molecule has 1 fully saturated rings. The fourth-order valence-corrected chi connectivity index (χ4v) is 3.45. The highest BCUT2D eigenvalue weighted by atomic mass is 32.1. The van der Waals surface area contributed by atoms with Crippen molar-refractivity contribution in [1.82, 2.24) is 14.8 Å². The molecular weight excluding hydrogens is 298 g/mol. The van der Waals surface area contributed by atoms with E-state index in [0.29, 0.717) is 6.54 Å². The van der Waals surface area contributed by atoms with Crippen LogP contribution in [0.25, 0.3) is 0 Å². The minimum atomic E-state index is 0.00229. The second-order valence-corrected chi connectivity index (χ2v) is 6.34. The first-order valence-corrected chi connectivity index (χ1v) is 8.38. The molecule has 0 unspecified atom stereocenters. The molecule has 2 aromatic heterocycles. The second-order valence-electron chi connectivity index (χ2n) is 5.40. The molecular formula is C16H21N3O2S. The fourth-order valence-electron chi connectivity index (χ4n) is 2.81. The van der Waals surface area contributed by atoms with Gasteiger partial charge < -0.3 is 14.6 Å². The number of amides is 1. The summed E-state index contributed by atoms with van der Waals surface area (Å²) in [5.74, 6) is 0.00229. The minimum absolute atomic E-state index is 0.00229. The third-order valence-corrected chi connectivity index (χ3v) is 4.88. The van der Waals surface area contributed by atoms with Gasteiger partial charge in [0.05, 0.1) is 24.1 Å². The third kappa shape index (κ3) is 3.40. The molecule has 1 atom stereocenters. The molecule has 3 rings (SSSR count). The van der Waals surface area contributed by atoms with Crippen LogP contribution in [0.5, 0.6) is 0 Å². The molecule has 0 aliphatic carbocycles. The molecule has 0 bridgehead atoms. The highest BCUT2D eigenvalue weighted by molar-refractivity contribution is 7.12. The first-order chi connectivity index (χ1) is 10.8. The normalized spacial score (nSPS) is 17.3. The average Bonchev–Trinajstić information content (AvgIpc) is 3.21.